The first kappa shape index (κ1) is 48.9. The zero-order valence-electron chi connectivity index (χ0n) is 34.3. The number of hydrogen-bond acceptors (Lipinski definition) is 7. The molecule has 316 valence electrons. The van der Waals surface area contributed by atoms with Gasteiger partial charge in [-0.05, 0) is 121 Å². The highest BCUT2D eigenvalue weighted by molar-refractivity contribution is 8.03. The second-order valence-corrected chi connectivity index (χ2v) is 17.4. The number of nitrogens with one attached hydrogen (secondary N) is 2. The molecule has 58 heavy (non-hydrogen) atoms. The first-order valence-corrected chi connectivity index (χ1v) is 23.1. The third-order valence-electron chi connectivity index (χ3n) is 9.62. The molecular weight excluding hydrogens is 817 g/mol. The van der Waals surface area contributed by atoms with Crippen molar-refractivity contribution >= 4 is 69.0 Å². The Labute approximate surface area is 360 Å². The predicted molar refractivity (Wildman–Crippen MR) is 245 cm³/mol. The number of thioether (sulfide) groups is 2. The number of carbonyl (C=O) groups excluding carboxylic acids is 1. The molecule has 3 aromatic rings. The molecule has 2 atom stereocenters. The van der Waals surface area contributed by atoms with Crippen LogP contribution in [0.4, 0.5) is 24.5 Å². The summed E-state index contributed by atoms with van der Waals surface area (Å²) in [6.07, 6.45) is 11.5. The fourth-order valence-electron chi connectivity index (χ4n) is 6.61. The molecule has 1 heterocycles. The zero-order valence-corrected chi connectivity index (χ0v) is 37.5. The summed E-state index contributed by atoms with van der Waals surface area (Å²) in [5, 5.41) is 3.45. The van der Waals surface area contributed by atoms with Crippen LogP contribution in [-0.2, 0) is 11.0 Å². The summed E-state index contributed by atoms with van der Waals surface area (Å²) in [6.45, 7) is 20.3. The first-order chi connectivity index (χ1) is 27.9. The van der Waals surface area contributed by atoms with Gasteiger partial charge in [-0.3, -0.25) is 14.4 Å². The van der Waals surface area contributed by atoms with E-state index in [0.717, 1.165) is 67.9 Å². The summed E-state index contributed by atoms with van der Waals surface area (Å²) in [4.78, 5) is 18.8. The van der Waals surface area contributed by atoms with Crippen molar-refractivity contribution in [2.75, 3.05) is 55.7 Å². The van der Waals surface area contributed by atoms with Crippen LogP contribution in [0.2, 0.25) is 5.02 Å². The number of allylic oxidation sites excluding steroid dienone is 4. The Kier molecular flexibility index (Phi) is 21.3. The third-order valence-corrected chi connectivity index (χ3v) is 13.0. The van der Waals surface area contributed by atoms with Gasteiger partial charge in [-0.25, -0.2) is 4.21 Å². The molecule has 2 N–H and O–H groups in total. The highest BCUT2D eigenvalue weighted by atomic mass is 35.5. The lowest BCUT2D eigenvalue weighted by atomic mass is 9.80. The van der Waals surface area contributed by atoms with E-state index >= 15 is 0 Å². The average Bonchev–Trinajstić information content (AvgIpc) is 3.23. The Bertz CT molecular complexity index is 1860. The van der Waals surface area contributed by atoms with E-state index in [4.69, 9.17) is 11.6 Å². The summed E-state index contributed by atoms with van der Waals surface area (Å²) >= 11 is 7.67. The highest BCUT2D eigenvalue weighted by Crippen LogP contribution is 2.41. The van der Waals surface area contributed by atoms with Gasteiger partial charge in [0.2, 0.25) is 0 Å². The minimum atomic E-state index is -4.50. The van der Waals surface area contributed by atoms with Gasteiger partial charge in [0.05, 0.1) is 4.90 Å². The maximum absolute atomic E-state index is 13.0. The van der Waals surface area contributed by atoms with E-state index in [-0.39, 0.29) is 27.2 Å². The number of hydrogen-bond donors (Lipinski definition) is 2. The van der Waals surface area contributed by atoms with Gasteiger partial charge in [0.1, 0.15) is 0 Å². The summed E-state index contributed by atoms with van der Waals surface area (Å²) in [5.41, 5.74) is 1.35. The minimum Gasteiger partial charge on any atom is -0.387 e. The molecule has 6 nitrogen and oxygen atoms in total. The van der Waals surface area contributed by atoms with Crippen molar-refractivity contribution in [2.45, 2.75) is 75.1 Å². The van der Waals surface area contributed by atoms with Gasteiger partial charge >= 0.3 is 5.51 Å². The van der Waals surface area contributed by atoms with Gasteiger partial charge in [-0.15, -0.1) is 11.8 Å². The molecule has 1 fully saturated rings. The zero-order chi connectivity index (χ0) is 42.7. The van der Waals surface area contributed by atoms with Gasteiger partial charge in [-0.2, -0.15) is 13.2 Å². The molecule has 1 aliphatic carbocycles. The van der Waals surface area contributed by atoms with E-state index < -0.39 is 22.4 Å². The lowest BCUT2D eigenvalue weighted by molar-refractivity contribution is -0.0328. The second-order valence-electron chi connectivity index (χ2n) is 13.4. The van der Waals surface area contributed by atoms with Gasteiger partial charge in [0.15, 0.2) is 11.0 Å². The van der Waals surface area contributed by atoms with Crippen LogP contribution in [0.1, 0.15) is 75.7 Å². The van der Waals surface area contributed by atoms with E-state index in [1.165, 1.54) is 66.1 Å². The maximum atomic E-state index is 13.0. The molecule has 5 rings (SSSR count). The topological polar surface area (TPSA) is 64.7 Å². The number of anilines is 2. The normalized spacial score (nSPS) is 16.6. The molecule has 0 saturated carbocycles. The number of piperazine rings is 1. The summed E-state index contributed by atoms with van der Waals surface area (Å²) in [6, 6.07) is 19.3. The van der Waals surface area contributed by atoms with Gasteiger partial charge in [0.25, 0.3) is 5.91 Å². The molecule has 1 aliphatic heterocycles. The molecule has 0 spiro atoms. The molecule has 2 unspecified atom stereocenters. The quantitative estimate of drug-likeness (QED) is 0.116. The van der Waals surface area contributed by atoms with E-state index in [0.29, 0.717) is 5.56 Å². The van der Waals surface area contributed by atoms with Crippen LogP contribution in [0.3, 0.4) is 0 Å². The molecule has 1 amide bonds. The van der Waals surface area contributed by atoms with E-state index in [2.05, 4.69) is 59.0 Å². The highest BCUT2D eigenvalue weighted by Gasteiger charge is 2.31. The van der Waals surface area contributed by atoms with Crippen LogP contribution in [-0.4, -0.2) is 66.0 Å². The van der Waals surface area contributed by atoms with E-state index in [1.807, 2.05) is 62.0 Å². The van der Waals surface area contributed by atoms with Gasteiger partial charge in [-0.1, -0.05) is 88.7 Å². The second kappa shape index (κ2) is 25.3. The number of amides is 1. The summed E-state index contributed by atoms with van der Waals surface area (Å²) in [5.74, 6) is 1.32. The molecule has 0 bridgehead atoms. The van der Waals surface area contributed by atoms with Crippen LogP contribution >= 0.6 is 35.1 Å². The number of rotatable bonds is 15. The largest absolute Gasteiger partial charge is 0.446 e. The van der Waals surface area contributed by atoms with Crippen molar-refractivity contribution in [1.82, 2.24) is 9.62 Å². The van der Waals surface area contributed by atoms with Crippen molar-refractivity contribution < 1.29 is 22.2 Å². The van der Waals surface area contributed by atoms with E-state index in [9.17, 15) is 22.2 Å². The number of nitrogens with zero attached hydrogens (tertiary/aromatic N) is 2. The lowest BCUT2D eigenvalue weighted by Gasteiger charge is -2.38. The van der Waals surface area contributed by atoms with Gasteiger partial charge in [0, 0.05) is 71.5 Å². The van der Waals surface area contributed by atoms with Crippen LogP contribution in [0, 0.1) is 5.92 Å². The Morgan fingerprint density at radius 1 is 1.00 bits per heavy atom. The number of carbonyl (C=O) groups is 1. The Morgan fingerprint density at radius 2 is 1.67 bits per heavy atom. The fourth-order valence-corrected chi connectivity index (χ4v) is 9.10. The van der Waals surface area contributed by atoms with Crippen LogP contribution < -0.4 is 14.9 Å². The van der Waals surface area contributed by atoms with Gasteiger partial charge < -0.3 is 10.2 Å². The first-order valence-electron chi connectivity index (χ1n) is 19.8. The Balaban J connectivity index is 0.000000656. The molecule has 3 aromatic carbocycles. The van der Waals surface area contributed by atoms with E-state index in [1.54, 1.807) is 18.2 Å². The van der Waals surface area contributed by atoms with Crippen molar-refractivity contribution in [3.63, 3.8) is 0 Å². The predicted octanol–water partition coefficient (Wildman–Crippen LogP) is 12.6. The molecule has 0 aromatic heterocycles. The van der Waals surface area contributed by atoms with Crippen LogP contribution in [0.5, 0.6) is 0 Å². The van der Waals surface area contributed by atoms with Crippen molar-refractivity contribution in [3.05, 3.63) is 125 Å². The lowest BCUT2D eigenvalue weighted by Crippen LogP contribution is -2.47. The molecule has 1 saturated heterocycles. The standard InChI is InChI=1S/C34H38ClF3N4O2S2.C9H14S.C2H6/c1-3-23-4-14-30(24-5-9-27(35)10-6-24)26(20-23)22-41-16-18-42(19-17-41)28-11-7-25(8-12-28)33(43)40-46(44)29-13-15-31(39-2)32(21-29)45-34(36,37)38;1-4-7-9(6-3)10-8-5-2;1-2/h5-13,15,21,23,39H,3-4,14,16-20,22H2,1-2H3,(H,40,43);4,6-7H,1,3,5,8H2,2H3;1-2H3/b;9-7+;. The summed E-state index contributed by atoms with van der Waals surface area (Å²) in [7, 11) is -0.526. The third kappa shape index (κ3) is 15.6. The number of halogens is 4. The SMILES string of the molecule is C=C/C=C(\C=C)SCCC.CC.CCC1CCC(c2ccc(Cl)cc2)=C(CN2CCN(c3ccc(C(=O)NS(=O)c4ccc(NC)c(SC(F)(F)F)c4)cc3)CC2)C1. The molecule has 0 radical (unpaired) electrons. The number of alkyl halides is 3. The van der Waals surface area contributed by atoms with Crippen LogP contribution in [0.15, 0.2) is 118 Å². The smallest absolute Gasteiger partial charge is 0.387 e. The van der Waals surface area contributed by atoms with Crippen molar-refractivity contribution in [1.29, 1.82) is 0 Å². The molecule has 2 aliphatic rings. The Morgan fingerprint density at radius 3 is 2.24 bits per heavy atom. The molecular formula is C45H58ClF3N4O2S3. The number of benzene rings is 3. The van der Waals surface area contributed by atoms with Crippen molar-refractivity contribution in [3.8, 4) is 0 Å². The summed E-state index contributed by atoms with van der Waals surface area (Å²) < 4.78 is 54.2. The molecule has 13 heteroatoms. The van der Waals surface area contributed by atoms with Crippen molar-refractivity contribution in [2.24, 2.45) is 5.92 Å². The Hall–Kier alpha value is -3.42. The monoisotopic (exact) mass is 874 g/mol. The minimum absolute atomic E-state index is 0.0723. The average molecular weight is 876 g/mol. The van der Waals surface area contributed by atoms with Crippen LogP contribution in [0.25, 0.3) is 5.57 Å². The maximum Gasteiger partial charge on any atom is 0.446 e. The fraction of sp³-hybridized carbons (Fsp3) is 0.400.